The molecule has 92 valence electrons. The van der Waals surface area contributed by atoms with Gasteiger partial charge in [-0.05, 0) is 24.6 Å². The number of aromatic carboxylic acids is 1. The van der Waals surface area contributed by atoms with Crippen molar-refractivity contribution in [3.8, 4) is 0 Å². The molecule has 0 aliphatic carbocycles. The number of nitrogens with two attached hydrogens (primary N) is 1. The molecule has 1 saturated heterocycles. The molecule has 4 N–H and O–H groups in total. The minimum Gasteiger partial charge on any atom is -0.478 e. The molecular formula is C12H16N2O3. The van der Waals surface area contributed by atoms with Gasteiger partial charge in [-0.3, -0.25) is 0 Å². The first-order valence-corrected chi connectivity index (χ1v) is 5.61. The Morgan fingerprint density at radius 3 is 3.06 bits per heavy atom. The minimum absolute atomic E-state index is 0.240. The van der Waals surface area contributed by atoms with E-state index >= 15 is 0 Å². The summed E-state index contributed by atoms with van der Waals surface area (Å²) < 4.78 is 5.27. The molecule has 1 aromatic carbocycles. The fourth-order valence-corrected chi connectivity index (χ4v) is 1.84. The zero-order chi connectivity index (χ0) is 12.3. The number of hydrogen-bond donors (Lipinski definition) is 3. The average Bonchev–Trinajstić information content (AvgIpc) is 2.80. The average molecular weight is 236 g/mol. The van der Waals surface area contributed by atoms with Crippen molar-refractivity contribution in [3.05, 3.63) is 23.8 Å². The van der Waals surface area contributed by atoms with Crippen molar-refractivity contribution in [2.75, 3.05) is 30.8 Å². The zero-order valence-electron chi connectivity index (χ0n) is 9.48. The van der Waals surface area contributed by atoms with Crippen LogP contribution in [0.1, 0.15) is 16.8 Å². The lowest BCUT2D eigenvalue weighted by Crippen LogP contribution is -2.15. The summed E-state index contributed by atoms with van der Waals surface area (Å²) in [7, 11) is 0. The highest BCUT2D eigenvalue weighted by atomic mass is 16.5. The maximum atomic E-state index is 10.8. The van der Waals surface area contributed by atoms with Gasteiger partial charge in [0.15, 0.2) is 0 Å². The van der Waals surface area contributed by atoms with Crippen LogP contribution in [-0.2, 0) is 4.74 Å². The van der Waals surface area contributed by atoms with Crippen LogP contribution in [-0.4, -0.2) is 30.8 Å². The molecular weight excluding hydrogens is 220 g/mol. The fourth-order valence-electron chi connectivity index (χ4n) is 1.84. The van der Waals surface area contributed by atoms with E-state index in [1.54, 1.807) is 12.1 Å². The predicted octanol–water partition coefficient (Wildman–Crippen LogP) is 1.42. The van der Waals surface area contributed by atoms with E-state index in [1.807, 2.05) is 0 Å². The van der Waals surface area contributed by atoms with Gasteiger partial charge in [0.05, 0.1) is 23.5 Å². The van der Waals surface area contributed by atoms with Gasteiger partial charge in [-0.1, -0.05) is 0 Å². The Hall–Kier alpha value is -1.75. The summed E-state index contributed by atoms with van der Waals surface area (Å²) in [4.78, 5) is 10.8. The summed E-state index contributed by atoms with van der Waals surface area (Å²) in [6.45, 7) is 2.32. The number of benzene rings is 1. The van der Waals surface area contributed by atoms with Gasteiger partial charge in [0.25, 0.3) is 0 Å². The van der Waals surface area contributed by atoms with E-state index in [-0.39, 0.29) is 5.56 Å². The molecule has 1 fully saturated rings. The smallest absolute Gasteiger partial charge is 0.335 e. The Labute approximate surface area is 99.6 Å². The lowest BCUT2D eigenvalue weighted by Gasteiger charge is -2.13. The highest BCUT2D eigenvalue weighted by Crippen LogP contribution is 2.21. The minimum atomic E-state index is -0.947. The predicted molar refractivity (Wildman–Crippen MR) is 65.2 cm³/mol. The van der Waals surface area contributed by atoms with Crippen LogP contribution >= 0.6 is 0 Å². The van der Waals surface area contributed by atoms with Crippen LogP contribution < -0.4 is 11.1 Å². The monoisotopic (exact) mass is 236 g/mol. The first-order valence-electron chi connectivity index (χ1n) is 5.61. The number of anilines is 2. The lowest BCUT2D eigenvalue weighted by molar-refractivity contribution is 0.0697. The maximum absolute atomic E-state index is 10.8. The number of carboxylic acids is 1. The van der Waals surface area contributed by atoms with Crippen LogP contribution in [0.4, 0.5) is 11.4 Å². The molecule has 1 atom stereocenters. The van der Waals surface area contributed by atoms with Crippen molar-refractivity contribution in [2.24, 2.45) is 5.92 Å². The second kappa shape index (κ2) is 5.05. The second-order valence-corrected chi connectivity index (χ2v) is 4.22. The molecule has 1 aromatic rings. The van der Waals surface area contributed by atoms with Crippen LogP contribution in [0.3, 0.4) is 0 Å². The second-order valence-electron chi connectivity index (χ2n) is 4.22. The van der Waals surface area contributed by atoms with E-state index in [1.165, 1.54) is 6.07 Å². The molecule has 1 aliphatic rings. The van der Waals surface area contributed by atoms with E-state index in [9.17, 15) is 4.79 Å². The van der Waals surface area contributed by atoms with Crippen molar-refractivity contribution >= 4 is 17.3 Å². The van der Waals surface area contributed by atoms with E-state index in [4.69, 9.17) is 15.6 Å². The molecule has 2 rings (SSSR count). The lowest BCUT2D eigenvalue weighted by atomic mass is 10.1. The highest BCUT2D eigenvalue weighted by molar-refractivity contribution is 5.90. The SMILES string of the molecule is Nc1ccc(C(=O)O)cc1NC[C@H]1CCOC1. The molecule has 5 nitrogen and oxygen atoms in total. The molecule has 0 bridgehead atoms. The normalized spacial score (nSPS) is 19.2. The fraction of sp³-hybridized carbons (Fsp3) is 0.417. The number of nitrogen functional groups attached to an aromatic ring is 1. The Morgan fingerprint density at radius 1 is 1.59 bits per heavy atom. The molecule has 0 unspecified atom stereocenters. The maximum Gasteiger partial charge on any atom is 0.335 e. The van der Waals surface area contributed by atoms with E-state index in [2.05, 4.69) is 5.32 Å². The summed E-state index contributed by atoms with van der Waals surface area (Å²) in [5.41, 5.74) is 7.27. The van der Waals surface area contributed by atoms with E-state index < -0.39 is 5.97 Å². The van der Waals surface area contributed by atoms with Crippen LogP contribution in [0.2, 0.25) is 0 Å². The third-order valence-electron chi connectivity index (χ3n) is 2.91. The van der Waals surface area contributed by atoms with Gasteiger partial charge in [-0.2, -0.15) is 0 Å². The van der Waals surface area contributed by atoms with Gasteiger partial charge in [0.1, 0.15) is 0 Å². The molecule has 1 aliphatic heterocycles. The summed E-state index contributed by atoms with van der Waals surface area (Å²) in [5, 5.41) is 12.1. The van der Waals surface area contributed by atoms with Crippen molar-refractivity contribution in [2.45, 2.75) is 6.42 Å². The summed E-state index contributed by atoms with van der Waals surface area (Å²) in [6, 6.07) is 4.67. The van der Waals surface area contributed by atoms with Crippen molar-refractivity contribution in [3.63, 3.8) is 0 Å². The van der Waals surface area contributed by atoms with Gasteiger partial charge >= 0.3 is 5.97 Å². The van der Waals surface area contributed by atoms with Crippen molar-refractivity contribution in [1.82, 2.24) is 0 Å². The molecule has 0 spiro atoms. The number of carbonyl (C=O) groups is 1. The Kier molecular flexibility index (Phi) is 3.49. The number of hydrogen-bond acceptors (Lipinski definition) is 4. The van der Waals surface area contributed by atoms with E-state index in [0.717, 1.165) is 26.2 Å². The molecule has 0 radical (unpaired) electrons. The molecule has 0 aromatic heterocycles. The highest BCUT2D eigenvalue weighted by Gasteiger charge is 2.15. The first-order chi connectivity index (χ1) is 8.16. The van der Waals surface area contributed by atoms with Gasteiger partial charge in [-0.15, -0.1) is 0 Å². The summed E-state index contributed by atoms with van der Waals surface area (Å²) >= 11 is 0. The van der Waals surface area contributed by atoms with Gasteiger partial charge < -0.3 is 20.9 Å². The molecule has 5 heteroatoms. The van der Waals surface area contributed by atoms with Gasteiger partial charge in [0.2, 0.25) is 0 Å². The Morgan fingerprint density at radius 2 is 2.41 bits per heavy atom. The topological polar surface area (TPSA) is 84.6 Å². The number of carboxylic acid groups (broad SMARTS) is 1. The quantitative estimate of drug-likeness (QED) is 0.688. The van der Waals surface area contributed by atoms with Crippen LogP contribution in [0.5, 0.6) is 0 Å². The number of rotatable bonds is 4. The molecule has 0 saturated carbocycles. The van der Waals surface area contributed by atoms with Crippen molar-refractivity contribution < 1.29 is 14.6 Å². The standard InChI is InChI=1S/C12H16N2O3/c13-10-2-1-9(12(15)16)5-11(10)14-6-8-3-4-17-7-8/h1-2,5,8,14H,3-4,6-7,13H2,(H,15,16)/t8-/m1/s1. The number of nitrogens with one attached hydrogen (secondary N) is 1. The van der Waals surface area contributed by atoms with Gasteiger partial charge in [-0.25, -0.2) is 4.79 Å². The summed E-state index contributed by atoms with van der Waals surface area (Å²) in [5.74, 6) is -0.472. The van der Waals surface area contributed by atoms with Crippen LogP contribution in [0, 0.1) is 5.92 Å². The first kappa shape index (κ1) is 11.7. The molecule has 17 heavy (non-hydrogen) atoms. The Balaban J connectivity index is 2.03. The molecule has 0 amide bonds. The van der Waals surface area contributed by atoms with Crippen LogP contribution in [0.15, 0.2) is 18.2 Å². The summed E-state index contributed by atoms with van der Waals surface area (Å²) in [6.07, 6.45) is 1.03. The third-order valence-corrected chi connectivity index (χ3v) is 2.91. The largest absolute Gasteiger partial charge is 0.478 e. The van der Waals surface area contributed by atoms with Crippen LogP contribution in [0.25, 0.3) is 0 Å². The van der Waals surface area contributed by atoms with Gasteiger partial charge in [0, 0.05) is 19.1 Å². The third kappa shape index (κ3) is 2.88. The molecule has 1 heterocycles. The number of ether oxygens (including phenoxy) is 1. The Bertz CT molecular complexity index is 414. The zero-order valence-corrected chi connectivity index (χ0v) is 9.48. The van der Waals surface area contributed by atoms with Crippen molar-refractivity contribution in [1.29, 1.82) is 0 Å². The van der Waals surface area contributed by atoms with E-state index in [0.29, 0.717) is 17.3 Å².